The van der Waals surface area contributed by atoms with E-state index in [-0.39, 0.29) is 5.41 Å². The average Bonchev–Trinajstić information content (AvgIpc) is 4.04. The summed E-state index contributed by atoms with van der Waals surface area (Å²) in [5, 5.41) is 12.8. The molecule has 1 unspecified atom stereocenters. The van der Waals surface area contributed by atoms with Crippen LogP contribution in [0.5, 0.6) is 0 Å². The van der Waals surface area contributed by atoms with Gasteiger partial charge in [0.05, 0.1) is 22.1 Å². The highest BCUT2D eigenvalue weighted by Crippen LogP contribution is 2.52. The lowest BCUT2D eigenvalue weighted by Crippen LogP contribution is -2.14. The van der Waals surface area contributed by atoms with Crippen LogP contribution in [0.2, 0.25) is 0 Å². The number of para-hydroxylation sites is 1. The molecule has 15 rings (SSSR count). The molecule has 0 N–H and O–H groups in total. The van der Waals surface area contributed by atoms with E-state index >= 15 is 0 Å². The minimum atomic E-state index is -0.125. The predicted molar refractivity (Wildman–Crippen MR) is 284 cm³/mol. The SMILES string of the molecule is CC1c2ccccc2-c2cc3c4cc(-c5ccc6c(c5)c5cc7c(cc5n6-c5ccc6c8ccccc8c8ccccc8c6c5)C(C)(C)c5ccccc5-7)ccc4n(-c4ccccc4)c3cc21. The highest BCUT2D eigenvalue weighted by atomic mass is 15.0. The maximum Gasteiger partial charge on any atom is 0.0544 e. The second-order valence-corrected chi connectivity index (χ2v) is 19.6. The van der Waals surface area contributed by atoms with Gasteiger partial charge in [-0.15, -0.1) is 0 Å². The molecule has 0 amide bonds. The first kappa shape index (κ1) is 37.1. The van der Waals surface area contributed by atoms with Crippen molar-refractivity contribution in [1.82, 2.24) is 9.13 Å². The molecule has 1 atom stereocenters. The summed E-state index contributed by atoms with van der Waals surface area (Å²) in [6, 6.07) is 78.0. The van der Waals surface area contributed by atoms with Crippen LogP contribution in [0.15, 0.2) is 206 Å². The first-order chi connectivity index (χ1) is 32.9. The van der Waals surface area contributed by atoms with Crippen LogP contribution in [-0.2, 0) is 5.41 Å². The fourth-order valence-corrected chi connectivity index (χ4v) is 12.7. The monoisotopic (exact) mass is 852 g/mol. The lowest BCUT2D eigenvalue weighted by atomic mass is 9.82. The third-order valence-corrected chi connectivity index (χ3v) is 15.9. The quantitative estimate of drug-likeness (QED) is 0.157. The maximum atomic E-state index is 2.54. The van der Waals surface area contributed by atoms with Gasteiger partial charge in [0.25, 0.3) is 0 Å². The van der Waals surface area contributed by atoms with Crippen LogP contribution in [0, 0.1) is 0 Å². The second-order valence-electron chi connectivity index (χ2n) is 19.6. The van der Waals surface area contributed by atoms with E-state index in [9.17, 15) is 0 Å². The molecule has 13 aromatic rings. The van der Waals surface area contributed by atoms with Gasteiger partial charge < -0.3 is 9.13 Å². The summed E-state index contributed by atoms with van der Waals surface area (Å²) in [5.74, 6) is 0.344. The Balaban J connectivity index is 0.987. The highest BCUT2D eigenvalue weighted by molar-refractivity contribution is 6.26. The van der Waals surface area contributed by atoms with Crippen LogP contribution in [0.4, 0.5) is 0 Å². The summed E-state index contributed by atoms with van der Waals surface area (Å²) in [6.07, 6.45) is 0. The topological polar surface area (TPSA) is 9.86 Å². The predicted octanol–water partition coefficient (Wildman–Crippen LogP) is 17.4. The number of aromatic nitrogens is 2. The molecule has 0 spiro atoms. The number of benzene rings is 11. The van der Waals surface area contributed by atoms with Crippen LogP contribution >= 0.6 is 0 Å². The molecule has 0 aliphatic heterocycles. The normalized spacial score (nSPS) is 14.8. The molecular formula is C65H44N2. The molecule has 2 heterocycles. The Morgan fingerprint density at radius 1 is 0.313 bits per heavy atom. The molecule has 67 heavy (non-hydrogen) atoms. The molecule has 2 aliphatic rings. The average molecular weight is 853 g/mol. The molecule has 2 heteroatoms. The Morgan fingerprint density at radius 2 is 0.836 bits per heavy atom. The number of fused-ring (bicyclic) bond motifs is 18. The Bertz CT molecular complexity index is 4280. The second kappa shape index (κ2) is 13.2. The van der Waals surface area contributed by atoms with Crippen molar-refractivity contribution in [2.75, 3.05) is 0 Å². The number of nitrogens with zero attached hydrogens (tertiary/aromatic N) is 2. The number of hydrogen-bond acceptors (Lipinski definition) is 0. The van der Waals surface area contributed by atoms with Crippen molar-refractivity contribution in [2.24, 2.45) is 0 Å². The number of hydrogen-bond donors (Lipinski definition) is 0. The fourth-order valence-electron chi connectivity index (χ4n) is 12.7. The van der Waals surface area contributed by atoms with Crippen molar-refractivity contribution < 1.29 is 0 Å². The van der Waals surface area contributed by atoms with Gasteiger partial charge in [-0.2, -0.15) is 0 Å². The number of rotatable bonds is 3. The first-order valence-electron chi connectivity index (χ1n) is 23.7. The van der Waals surface area contributed by atoms with E-state index in [1.54, 1.807) is 0 Å². The molecule has 2 aliphatic carbocycles. The van der Waals surface area contributed by atoms with Crippen LogP contribution in [0.3, 0.4) is 0 Å². The molecular weight excluding hydrogens is 809 g/mol. The van der Waals surface area contributed by atoms with E-state index in [0.717, 1.165) is 0 Å². The molecule has 2 aromatic heterocycles. The summed E-state index contributed by atoms with van der Waals surface area (Å²) >= 11 is 0. The molecule has 0 radical (unpaired) electrons. The minimum Gasteiger partial charge on any atom is -0.309 e. The first-order valence-corrected chi connectivity index (χ1v) is 23.7. The summed E-state index contributed by atoms with van der Waals surface area (Å²) < 4.78 is 5.00. The third-order valence-electron chi connectivity index (χ3n) is 15.9. The lowest BCUT2D eigenvalue weighted by molar-refractivity contribution is 0.661. The summed E-state index contributed by atoms with van der Waals surface area (Å²) in [4.78, 5) is 0. The van der Waals surface area contributed by atoms with Crippen molar-refractivity contribution in [3.63, 3.8) is 0 Å². The van der Waals surface area contributed by atoms with E-state index in [0.29, 0.717) is 5.92 Å². The summed E-state index contributed by atoms with van der Waals surface area (Å²) in [7, 11) is 0. The van der Waals surface area contributed by atoms with Gasteiger partial charge in [0.1, 0.15) is 0 Å². The van der Waals surface area contributed by atoms with Gasteiger partial charge in [-0.25, -0.2) is 0 Å². The van der Waals surface area contributed by atoms with Crippen LogP contribution in [-0.4, -0.2) is 9.13 Å². The van der Waals surface area contributed by atoms with E-state index in [1.165, 1.54) is 143 Å². The van der Waals surface area contributed by atoms with Gasteiger partial charge in [0, 0.05) is 44.3 Å². The molecule has 0 fully saturated rings. The molecule has 2 nitrogen and oxygen atoms in total. The zero-order chi connectivity index (χ0) is 44.3. The lowest BCUT2D eigenvalue weighted by Gasteiger charge is -2.21. The van der Waals surface area contributed by atoms with E-state index in [4.69, 9.17) is 0 Å². The molecule has 11 aromatic carbocycles. The van der Waals surface area contributed by atoms with Crippen LogP contribution in [0.1, 0.15) is 48.9 Å². The minimum absolute atomic E-state index is 0.125. The Morgan fingerprint density at radius 3 is 1.52 bits per heavy atom. The summed E-state index contributed by atoms with van der Waals surface area (Å²) in [5.41, 5.74) is 20.6. The van der Waals surface area contributed by atoms with E-state index < -0.39 is 0 Å². The van der Waals surface area contributed by atoms with Crippen LogP contribution in [0.25, 0.3) is 121 Å². The zero-order valence-electron chi connectivity index (χ0n) is 37.6. The summed E-state index contributed by atoms with van der Waals surface area (Å²) in [6.45, 7) is 7.13. The van der Waals surface area contributed by atoms with Gasteiger partial charge in [-0.1, -0.05) is 154 Å². The largest absolute Gasteiger partial charge is 0.309 e. The highest BCUT2D eigenvalue weighted by Gasteiger charge is 2.36. The van der Waals surface area contributed by atoms with Gasteiger partial charge >= 0.3 is 0 Å². The van der Waals surface area contributed by atoms with E-state index in [2.05, 4.69) is 236 Å². The standard InChI is InChI=1S/C65H44N2/c1-38-43-17-7-8-18-44(43)53-34-57-55-31-39(25-29-61(55)66(63(57)36-51(38)53)41-15-5-4-6-16-41)40-26-30-62-56(32-40)58-35-54-50-23-13-14-24-59(50)65(2,3)60(54)37-64(58)67(62)42-27-28-49-47-21-10-9-19-45(47)46-20-11-12-22-48(46)52(49)33-42/h4-38H,1-3H3. The molecule has 0 saturated heterocycles. The molecule has 0 saturated carbocycles. The fraction of sp³-hybridized carbons (Fsp3) is 0.0769. The van der Waals surface area contributed by atoms with Crippen molar-refractivity contribution in [1.29, 1.82) is 0 Å². The van der Waals surface area contributed by atoms with Gasteiger partial charge in [0.2, 0.25) is 0 Å². The third kappa shape index (κ3) is 4.94. The van der Waals surface area contributed by atoms with Gasteiger partial charge in [-0.05, 0) is 161 Å². The zero-order valence-corrected chi connectivity index (χ0v) is 37.6. The van der Waals surface area contributed by atoms with Crippen LogP contribution < -0.4 is 0 Å². The van der Waals surface area contributed by atoms with Gasteiger partial charge in [0.15, 0.2) is 0 Å². The Kier molecular flexibility index (Phi) is 7.31. The Labute approximate surface area is 388 Å². The van der Waals surface area contributed by atoms with Crippen molar-refractivity contribution in [3.05, 3.63) is 229 Å². The van der Waals surface area contributed by atoms with E-state index in [1.807, 2.05) is 0 Å². The molecule has 0 bridgehead atoms. The van der Waals surface area contributed by atoms with Gasteiger partial charge in [-0.3, -0.25) is 0 Å². The smallest absolute Gasteiger partial charge is 0.0544 e. The van der Waals surface area contributed by atoms with Crippen molar-refractivity contribution in [3.8, 4) is 44.8 Å². The van der Waals surface area contributed by atoms with Crippen molar-refractivity contribution in [2.45, 2.75) is 32.1 Å². The Hall–Kier alpha value is -8.20. The van der Waals surface area contributed by atoms with Crippen molar-refractivity contribution >= 4 is 75.9 Å². The molecule has 314 valence electrons. The maximum absolute atomic E-state index is 2.54.